The molecule has 0 bridgehead atoms. The van der Waals surface area contributed by atoms with Crippen LogP contribution in [-0.4, -0.2) is 4.83 Å². The van der Waals surface area contributed by atoms with E-state index in [0.29, 0.717) is 0 Å². The summed E-state index contributed by atoms with van der Waals surface area (Å²) < 4.78 is 0. The van der Waals surface area contributed by atoms with Crippen LogP contribution < -0.4 is 0 Å². The quantitative estimate of drug-likeness (QED) is 0.651. The van der Waals surface area contributed by atoms with Gasteiger partial charge in [0.25, 0.3) is 0 Å². The first-order chi connectivity index (χ1) is 7.84. The SMILES string of the molecule is BrC1CCC(c2cccc3ccccc23)C1. The minimum absolute atomic E-state index is 0.719. The third-order valence-electron chi connectivity index (χ3n) is 3.63. The standard InChI is InChI=1S/C15H15Br/c16-13-9-8-12(10-13)15-7-3-5-11-4-1-2-6-14(11)15/h1-7,12-13H,8-10H2. The highest BCUT2D eigenvalue weighted by molar-refractivity contribution is 9.09. The topological polar surface area (TPSA) is 0 Å². The van der Waals surface area contributed by atoms with Gasteiger partial charge in [0.1, 0.15) is 0 Å². The monoisotopic (exact) mass is 274 g/mol. The summed E-state index contributed by atoms with van der Waals surface area (Å²) in [6, 6.07) is 15.4. The van der Waals surface area contributed by atoms with Crippen molar-refractivity contribution < 1.29 is 0 Å². The second-order valence-electron chi connectivity index (χ2n) is 4.68. The van der Waals surface area contributed by atoms with Crippen LogP contribution in [0.15, 0.2) is 42.5 Å². The maximum atomic E-state index is 3.74. The second-order valence-corrected chi connectivity index (χ2v) is 5.97. The van der Waals surface area contributed by atoms with Crippen molar-refractivity contribution in [3.63, 3.8) is 0 Å². The largest absolute Gasteiger partial charge is 0.0890 e. The van der Waals surface area contributed by atoms with E-state index in [0.717, 1.165) is 10.7 Å². The van der Waals surface area contributed by atoms with Gasteiger partial charge >= 0.3 is 0 Å². The first kappa shape index (κ1) is 10.3. The summed E-state index contributed by atoms with van der Waals surface area (Å²) in [7, 11) is 0. The Bertz CT molecular complexity index is 498. The highest BCUT2D eigenvalue weighted by atomic mass is 79.9. The Balaban J connectivity index is 2.09. The van der Waals surface area contributed by atoms with Crippen molar-refractivity contribution >= 4 is 26.7 Å². The molecule has 16 heavy (non-hydrogen) atoms. The fourth-order valence-electron chi connectivity index (χ4n) is 2.82. The van der Waals surface area contributed by atoms with Crippen molar-refractivity contribution in [3.8, 4) is 0 Å². The molecule has 3 rings (SSSR count). The summed E-state index contributed by atoms with van der Waals surface area (Å²) in [6.07, 6.45) is 3.92. The minimum Gasteiger partial charge on any atom is -0.0890 e. The van der Waals surface area contributed by atoms with Crippen LogP contribution in [-0.2, 0) is 0 Å². The lowest BCUT2D eigenvalue weighted by atomic mass is 9.92. The molecule has 1 heteroatoms. The van der Waals surface area contributed by atoms with Crippen molar-refractivity contribution in [1.29, 1.82) is 0 Å². The van der Waals surface area contributed by atoms with E-state index in [9.17, 15) is 0 Å². The van der Waals surface area contributed by atoms with Gasteiger partial charge in [0.2, 0.25) is 0 Å². The van der Waals surface area contributed by atoms with Gasteiger partial charge in [-0.05, 0) is 41.5 Å². The molecule has 0 heterocycles. The molecular formula is C15H15Br. The zero-order valence-corrected chi connectivity index (χ0v) is 10.8. The highest BCUT2D eigenvalue weighted by Crippen LogP contribution is 2.40. The minimum atomic E-state index is 0.719. The van der Waals surface area contributed by atoms with Gasteiger partial charge in [-0.1, -0.05) is 58.4 Å². The maximum absolute atomic E-state index is 3.74. The number of hydrogen-bond donors (Lipinski definition) is 0. The van der Waals surface area contributed by atoms with Crippen LogP contribution in [0.1, 0.15) is 30.7 Å². The molecule has 1 aliphatic carbocycles. The molecule has 0 aromatic heterocycles. The predicted molar refractivity (Wildman–Crippen MR) is 73.3 cm³/mol. The molecular weight excluding hydrogens is 260 g/mol. The maximum Gasteiger partial charge on any atom is 0.0151 e. The van der Waals surface area contributed by atoms with Crippen LogP contribution >= 0.6 is 15.9 Å². The molecule has 0 aliphatic heterocycles. The van der Waals surface area contributed by atoms with Gasteiger partial charge in [0.15, 0.2) is 0 Å². The van der Waals surface area contributed by atoms with Gasteiger partial charge in [-0.3, -0.25) is 0 Å². The first-order valence-corrected chi connectivity index (χ1v) is 6.88. The Morgan fingerprint density at radius 1 is 0.938 bits per heavy atom. The average molecular weight is 275 g/mol. The summed E-state index contributed by atoms with van der Waals surface area (Å²) in [4.78, 5) is 0.719. The van der Waals surface area contributed by atoms with E-state index in [4.69, 9.17) is 0 Å². The molecule has 1 saturated carbocycles. The van der Waals surface area contributed by atoms with Crippen LogP contribution in [0.4, 0.5) is 0 Å². The Hall–Kier alpha value is -0.820. The Morgan fingerprint density at radius 2 is 1.75 bits per heavy atom. The Morgan fingerprint density at radius 3 is 2.56 bits per heavy atom. The number of alkyl halides is 1. The zero-order valence-electron chi connectivity index (χ0n) is 9.20. The van der Waals surface area contributed by atoms with Gasteiger partial charge in [-0.15, -0.1) is 0 Å². The highest BCUT2D eigenvalue weighted by Gasteiger charge is 2.24. The van der Waals surface area contributed by atoms with Crippen molar-refractivity contribution in [1.82, 2.24) is 0 Å². The molecule has 0 saturated heterocycles. The third-order valence-corrected chi connectivity index (χ3v) is 4.46. The summed E-state index contributed by atoms with van der Waals surface area (Å²) in [6.45, 7) is 0. The van der Waals surface area contributed by atoms with Crippen LogP contribution in [0.2, 0.25) is 0 Å². The molecule has 1 fully saturated rings. The first-order valence-electron chi connectivity index (χ1n) is 5.96. The predicted octanol–water partition coefficient (Wildman–Crippen LogP) is 4.87. The number of fused-ring (bicyclic) bond motifs is 1. The van der Waals surface area contributed by atoms with Gasteiger partial charge < -0.3 is 0 Å². The normalized spacial score (nSPS) is 25.1. The lowest BCUT2D eigenvalue weighted by Gasteiger charge is -2.13. The van der Waals surface area contributed by atoms with Crippen LogP contribution in [0, 0.1) is 0 Å². The Kier molecular flexibility index (Phi) is 2.72. The second kappa shape index (κ2) is 4.21. The lowest BCUT2D eigenvalue weighted by molar-refractivity contribution is 0.732. The van der Waals surface area contributed by atoms with E-state index in [2.05, 4.69) is 58.4 Å². The number of benzene rings is 2. The van der Waals surface area contributed by atoms with Gasteiger partial charge in [-0.25, -0.2) is 0 Å². The molecule has 0 radical (unpaired) electrons. The summed E-state index contributed by atoms with van der Waals surface area (Å²) in [5.74, 6) is 0.746. The van der Waals surface area contributed by atoms with Gasteiger partial charge in [-0.2, -0.15) is 0 Å². The van der Waals surface area contributed by atoms with Crippen LogP contribution in [0.5, 0.6) is 0 Å². The van der Waals surface area contributed by atoms with Gasteiger partial charge in [0.05, 0.1) is 0 Å². The fourth-order valence-corrected chi connectivity index (χ4v) is 3.53. The summed E-state index contributed by atoms with van der Waals surface area (Å²) >= 11 is 3.74. The molecule has 2 unspecified atom stereocenters. The van der Waals surface area contributed by atoms with Crippen molar-refractivity contribution in [2.75, 3.05) is 0 Å². The lowest BCUT2D eigenvalue weighted by Crippen LogP contribution is -1.95. The molecule has 0 nitrogen and oxygen atoms in total. The smallest absolute Gasteiger partial charge is 0.0151 e. The van der Waals surface area contributed by atoms with E-state index in [-0.39, 0.29) is 0 Å². The molecule has 2 aromatic carbocycles. The molecule has 2 aromatic rings. The molecule has 0 amide bonds. The average Bonchev–Trinajstić information content (AvgIpc) is 2.75. The molecule has 0 N–H and O–H groups in total. The van der Waals surface area contributed by atoms with E-state index in [1.807, 2.05) is 0 Å². The number of rotatable bonds is 1. The Labute approximate surface area is 105 Å². The van der Waals surface area contributed by atoms with Crippen LogP contribution in [0.3, 0.4) is 0 Å². The number of hydrogen-bond acceptors (Lipinski definition) is 0. The van der Waals surface area contributed by atoms with E-state index in [1.165, 1.54) is 30.0 Å². The van der Waals surface area contributed by atoms with Crippen molar-refractivity contribution in [2.24, 2.45) is 0 Å². The molecule has 1 aliphatic rings. The van der Waals surface area contributed by atoms with E-state index >= 15 is 0 Å². The van der Waals surface area contributed by atoms with Crippen LogP contribution in [0.25, 0.3) is 10.8 Å². The van der Waals surface area contributed by atoms with Crippen molar-refractivity contribution in [3.05, 3.63) is 48.0 Å². The molecule has 82 valence electrons. The summed E-state index contributed by atoms with van der Waals surface area (Å²) in [5.41, 5.74) is 1.54. The fraction of sp³-hybridized carbons (Fsp3) is 0.333. The third kappa shape index (κ3) is 1.78. The molecule has 2 atom stereocenters. The zero-order chi connectivity index (χ0) is 11.0. The van der Waals surface area contributed by atoms with E-state index in [1.54, 1.807) is 5.56 Å². The van der Waals surface area contributed by atoms with E-state index < -0.39 is 0 Å². The number of halogens is 1. The van der Waals surface area contributed by atoms with Crippen molar-refractivity contribution in [2.45, 2.75) is 30.0 Å². The molecule has 0 spiro atoms. The summed E-state index contributed by atoms with van der Waals surface area (Å²) in [5, 5.41) is 2.81. The van der Waals surface area contributed by atoms with Gasteiger partial charge in [0, 0.05) is 4.83 Å².